The summed E-state index contributed by atoms with van der Waals surface area (Å²) in [5, 5.41) is 10.2. The molecule has 3 rings (SSSR count). The minimum Gasteiger partial charge on any atom is -0.325 e. The number of thioether (sulfide) groups is 1. The lowest BCUT2D eigenvalue weighted by molar-refractivity contribution is -0.115. The fourth-order valence-corrected chi connectivity index (χ4v) is 2.83. The van der Waals surface area contributed by atoms with Crippen LogP contribution in [0.5, 0.6) is 0 Å². The van der Waals surface area contributed by atoms with Crippen molar-refractivity contribution in [2.45, 2.75) is 43.0 Å². The fourth-order valence-electron chi connectivity index (χ4n) is 2.09. The van der Waals surface area contributed by atoms with E-state index in [1.54, 1.807) is 24.3 Å². The van der Waals surface area contributed by atoms with Crippen LogP contribution in [0.15, 0.2) is 29.4 Å². The maximum absolute atomic E-state index is 12.2. The van der Waals surface area contributed by atoms with Crippen LogP contribution in [0.3, 0.4) is 0 Å². The number of hydrogen-bond acceptors (Lipinski definition) is 5. The van der Waals surface area contributed by atoms with E-state index in [2.05, 4.69) is 20.5 Å². The number of aromatic amines is 1. The Bertz CT molecular complexity index is 722. The summed E-state index contributed by atoms with van der Waals surface area (Å²) in [6, 6.07) is 6.86. The number of rotatable bonds is 6. The average Bonchev–Trinajstić information content (AvgIpc) is 3.28. The molecule has 1 amide bonds. The Hall–Kier alpha value is -2.15. The lowest BCUT2D eigenvalue weighted by Crippen LogP contribution is -2.22. The highest BCUT2D eigenvalue weighted by Crippen LogP contribution is 2.38. The van der Waals surface area contributed by atoms with Crippen molar-refractivity contribution in [2.75, 3.05) is 5.32 Å². The van der Waals surface area contributed by atoms with E-state index in [1.165, 1.54) is 18.7 Å². The highest BCUT2D eigenvalue weighted by Gasteiger charge is 2.27. The van der Waals surface area contributed by atoms with Crippen molar-refractivity contribution < 1.29 is 9.59 Å². The number of anilines is 1. The summed E-state index contributed by atoms with van der Waals surface area (Å²) in [5.74, 6) is 1.31. The van der Waals surface area contributed by atoms with E-state index in [1.807, 2.05) is 6.92 Å². The van der Waals surface area contributed by atoms with E-state index in [4.69, 9.17) is 0 Å². The molecule has 1 aromatic carbocycles. The van der Waals surface area contributed by atoms with Gasteiger partial charge in [0.1, 0.15) is 5.82 Å². The normalized spacial score (nSPS) is 15.2. The predicted octanol–water partition coefficient (Wildman–Crippen LogP) is 3.00. The van der Waals surface area contributed by atoms with Crippen LogP contribution in [0.4, 0.5) is 5.69 Å². The molecule has 0 bridgehead atoms. The van der Waals surface area contributed by atoms with Gasteiger partial charge in [0.05, 0.1) is 5.25 Å². The van der Waals surface area contributed by atoms with E-state index in [9.17, 15) is 9.59 Å². The Morgan fingerprint density at radius 2 is 2.00 bits per heavy atom. The lowest BCUT2D eigenvalue weighted by Gasteiger charge is -2.10. The van der Waals surface area contributed by atoms with Crippen LogP contribution in [0.2, 0.25) is 0 Å². The van der Waals surface area contributed by atoms with Gasteiger partial charge in [-0.05, 0) is 51.0 Å². The number of nitrogens with zero attached hydrogens (tertiary/aromatic N) is 2. The second kappa shape index (κ2) is 6.54. The number of H-pyrrole nitrogens is 1. The molecule has 2 aromatic rings. The number of carbonyl (C=O) groups is 2. The molecular formula is C16H18N4O2S. The van der Waals surface area contributed by atoms with Crippen LogP contribution in [0.1, 0.15) is 48.8 Å². The fraction of sp³-hybridized carbons (Fsp3) is 0.375. The number of benzene rings is 1. The summed E-state index contributed by atoms with van der Waals surface area (Å²) in [4.78, 5) is 27.9. The van der Waals surface area contributed by atoms with Crippen LogP contribution in [-0.4, -0.2) is 32.1 Å². The van der Waals surface area contributed by atoms with Crippen molar-refractivity contribution in [3.8, 4) is 0 Å². The van der Waals surface area contributed by atoms with Crippen LogP contribution < -0.4 is 5.32 Å². The number of ketones is 1. The zero-order chi connectivity index (χ0) is 16.4. The number of carbonyl (C=O) groups excluding carboxylic acids is 2. The molecule has 0 saturated heterocycles. The molecule has 1 saturated carbocycles. The molecule has 1 heterocycles. The summed E-state index contributed by atoms with van der Waals surface area (Å²) in [6.45, 7) is 3.33. The average molecular weight is 330 g/mol. The third-order valence-corrected chi connectivity index (χ3v) is 4.62. The smallest absolute Gasteiger partial charge is 0.237 e. The summed E-state index contributed by atoms with van der Waals surface area (Å²) in [7, 11) is 0. The van der Waals surface area contributed by atoms with Crippen LogP contribution >= 0.6 is 11.8 Å². The minimum atomic E-state index is -0.315. The molecule has 1 aliphatic carbocycles. The van der Waals surface area contributed by atoms with Crippen molar-refractivity contribution in [3.05, 3.63) is 35.7 Å². The van der Waals surface area contributed by atoms with Crippen molar-refractivity contribution in [2.24, 2.45) is 0 Å². The van der Waals surface area contributed by atoms with Gasteiger partial charge in [0, 0.05) is 17.2 Å². The Kier molecular flexibility index (Phi) is 4.47. The number of hydrogen-bond donors (Lipinski definition) is 2. The molecule has 1 fully saturated rings. The van der Waals surface area contributed by atoms with E-state index in [0.29, 0.717) is 22.3 Å². The highest BCUT2D eigenvalue weighted by atomic mass is 32.2. The second-order valence-electron chi connectivity index (χ2n) is 5.66. The Morgan fingerprint density at radius 3 is 2.61 bits per heavy atom. The van der Waals surface area contributed by atoms with Gasteiger partial charge in [-0.25, -0.2) is 4.98 Å². The van der Waals surface area contributed by atoms with E-state index in [-0.39, 0.29) is 16.9 Å². The zero-order valence-corrected chi connectivity index (χ0v) is 13.8. The standard InChI is InChI=1S/C16H18N4O2S/c1-9(21)11-5-7-13(8-6-11)17-15(22)10(2)23-16-18-14(19-20-16)12-3-4-12/h5-8,10,12H,3-4H2,1-2H3,(H,17,22)(H,18,19,20). The minimum absolute atomic E-state index is 0.00266. The summed E-state index contributed by atoms with van der Waals surface area (Å²) >= 11 is 1.33. The van der Waals surface area contributed by atoms with E-state index < -0.39 is 0 Å². The van der Waals surface area contributed by atoms with Gasteiger partial charge < -0.3 is 5.32 Å². The first-order chi connectivity index (χ1) is 11.0. The predicted molar refractivity (Wildman–Crippen MR) is 88.8 cm³/mol. The van der Waals surface area contributed by atoms with Gasteiger partial charge in [-0.2, -0.15) is 0 Å². The third-order valence-electron chi connectivity index (χ3n) is 3.66. The Labute approximate surface area is 138 Å². The molecule has 7 heteroatoms. The van der Waals surface area contributed by atoms with Crippen LogP contribution in [-0.2, 0) is 4.79 Å². The second-order valence-corrected chi connectivity index (χ2v) is 6.97. The van der Waals surface area contributed by atoms with Gasteiger partial charge in [0.25, 0.3) is 0 Å². The van der Waals surface area contributed by atoms with Crippen molar-refractivity contribution in [1.82, 2.24) is 15.2 Å². The third kappa shape index (κ3) is 3.98. The largest absolute Gasteiger partial charge is 0.325 e. The SMILES string of the molecule is CC(=O)c1ccc(NC(=O)C(C)Sc2n[nH]c(C3CC3)n2)cc1. The number of aromatic nitrogens is 3. The first-order valence-electron chi connectivity index (χ1n) is 7.54. The van der Waals surface area contributed by atoms with E-state index in [0.717, 1.165) is 18.7 Å². The zero-order valence-electron chi connectivity index (χ0n) is 13.0. The molecule has 2 N–H and O–H groups in total. The topological polar surface area (TPSA) is 87.7 Å². The van der Waals surface area contributed by atoms with Crippen molar-refractivity contribution in [3.63, 3.8) is 0 Å². The van der Waals surface area contributed by atoms with E-state index >= 15 is 0 Å². The molecule has 1 aromatic heterocycles. The molecule has 0 aliphatic heterocycles. The Balaban J connectivity index is 1.56. The monoisotopic (exact) mass is 330 g/mol. The van der Waals surface area contributed by atoms with Crippen LogP contribution in [0, 0.1) is 0 Å². The molecule has 1 unspecified atom stereocenters. The molecule has 120 valence electrons. The van der Waals surface area contributed by atoms with Crippen LogP contribution in [0.25, 0.3) is 0 Å². The molecule has 0 radical (unpaired) electrons. The molecular weight excluding hydrogens is 312 g/mol. The lowest BCUT2D eigenvalue weighted by atomic mass is 10.1. The molecule has 1 aliphatic rings. The van der Waals surface area contributed by atoms with Gasteiger partial charge >= 0.3 is 0 Å². The summed E-state index contributed by atoms with van der Waals surface area (Å²) in [6.07, 6.45) is 2.32. The Morgan fingerprint density at radius 1 is 1.30 bits per heavy atom. The maximum Gasteiger partial charge on any atom is 0.237 e. The van der Waals surface area contributed by atoms with Gasteiger partial charge in [-0.3, -0.25) is 14.7 Å². The summed E-state index contributed by atoms with van der Waals surface area (Å²) in [5.41, 5.74) is 1.29. The quantitative estimate of drug-likeness (QED) is 0.628. The maximum atomic E-state index is 12.2. The number of Topliss-reactive ketones (excluding diaryl/α,β-unsaturated/α-hetero) is 1. The number of amides is 1. The summed E-state index contributed by atoms with van der Waals surface area (Å²) < 4.78 is 0. The molecule has 23 heavy (non-hydrogen) atoms. The molecule has 1 atom stereocenters. The molecule has 0 spiro atoms. The number of nitrogens with one attached hydrogen (secondary N) is 2. The van der Waals surface area contributed by atoms with Crippen molar-refractivity contribution >= 4 is 29.1 Å². The van der Waals surface area contributed by atoms with Gasteiger partial charge in [0.15, 0.2) is 5.78 Å². The highest BCUT2D eigenvalue weighted by molar-refractivity contribution is 8.00. The first kappa shape index (κ1) is 15.7. The molecule has 6 nitrogen and oxygen atoms in total. The van der Waals surface area contributed by atoms with Crippen molar-refractivity contribution in [1.29, 1.82) is 0 Å². The van der Waals surface area contributed by atoms with Gasteiger partial charge in [0.2, 0.25) is 11.1 Å². The van der Waals surface area contributed by atoms with Gasteiger partial charge in [-0.15, -0.1) is 5.10 Å². The first-order valence-corrected chi connectivity index (χ1v) is 8.41. The van der Waals surface area contributed by atoms with Gasteiger partial charge in [-0.1, -0.05) is 11.8 Å².